The summed E-state index contributed by atoms with van der Waals surface area (Å²) in [6.07, 6.45) is 0.714. The Morgan fingerprint density at radius 1 is 0.839 bits per heavy atom. The highest BCUT2D eigenvalue weighted by Gasteiger charge is 2.27. The van der Waals surface area contributed by atoms with Gasteiger partial charge in [0, 0.05) is 19.6 Å². The molecule has 160 valence electrons. The molecule has 1 N–H and O–H groups in total. The monoisotopic (exact) mass is 434 g/mol. The van der Waals surface area contributed by atoms with Crippen LogP contribution >= 0.6 is 0 Å². The van der Waals surface area contributed by atoms with E-state index in [0.717, 1.165) is 16.7 Å². The van der Waals surface area contributed by atoms with E-state index < -0.39 is 15.9 Å². The van der Waals surface area contributed by atoms with Gasteiger partial charge >= 0.3 is 0 Å². The second-order valence-corrected chi connectivity index (χ2v) is 9.80. The third-order valence-electron chi connectivity index (χ3n) is 5.68. The van der Waals surface area contributed by atoms with Crippen molar-refractivity contribution in [2.24, 2.45) is 0 Å². The summed E-state index contributed by atoms with van der Waals surface area (Å²) >= 11 is 0. The van der Waals surface area contributed by atoms with Crippen molar-refractivity contribution in [3.05, 3.63) is 107 Å². The minimum Gasteiger partial charge on any atom is -0.354 e. The second kappa shape index (κ2) is 9.45. The summed E-state index contributed by atoms with van der Waals surface area (Å²) < 4.78 is 27.2. The summed E-state index contributed by atoms with van der Waals surface area (Å²) in [5, 5.41) is 2.85. The molecule has 1 aliphatic heterocycles. The summed E-state index contributed by atoms with van der Waals surface area (Å²) in [7, 11) is -3.46. The zero-order chi connectivity index (χ0) is 21.7. The Kier molecular flexibility index (Phi) is 6.49. The maximum Gasteiger partial charge on any atom is 0.232 e. The Morgan fingerprint density at radius 2 is 1.39 bits per heavy atom. The van der Waals surface area contributed by atoms with Gasteiger partial charge in [-0.1, -0.05) is 84.9 Å². The number of benzene rings is 3. The van der Waals surface area contributed by atoms with Crippen LogP contribution in [0, 0.1) is 0 Å². The summed E-state index contributed by atoms with van der Waals surface area (Å²) in [5.74, 6) is -0.791. The fourth-order valence-electron chi connectivity index (χ4n) is 4.03. The molecule has 3 aromatic carbocycles. The Labute approximate surface area is 183 Å². The summed E-state index contributed by atoms with van der Waals surface area (Å²) in [6, 6.07) is 27.0. The smallest absolute Gasteiger partial charge is 0.232 e. The number of carbonyl (C=O) groups excluding carboxylic acids is 1. The molecule has 0 saturated heterocycles. The lowest BCUT2D eigenvalue weighted by Crippen LogP contribution is -2.41. The first-order valence-electron chi connectivity index (χ1n) is 10.5. The second-order valence-electron chi connectivity index (χ2n) is 7.71. The van der Waals surface area contributed by atoms with Gasteiger partial charge < -0.3 is 5.32 Å². The van der Waals surface area contributed by atoms with Crippen molar-refractivity contribution < 1.29 is 13.2 Å². The van der Waals surface area contributed by atoms with E-state index in [4.69, 9.17) is 0 Å². The Morgan fingerprint density at radius 3 is 2.00 bits per heavy atom. The van der Waals surface area contributed by atoms with Gasteiger partial charge in [-0.25, -0.2) is 8.42 Å². The molecule has 0 spiro atoms. The molecule has 0 fully saturated rings. The highest BCUT2D eigenvalue weighted by Crippen LogP contribution is 2.25. The normalized spacial score (nSPS) is 14.2. The van der Waals surface area contributed by atoms with E-state index in [1.165, 1.54) is 9.87 Å². The molecule has 0 aromatic heterocycles. The van der Waals surface area contributed by atoms with Crippen molar-refractivity contribution in [1.82, 2.24) is 9.62 Å². The van der Waals surface area contributed by atoms with E-state index >= 15 is 0 Å². The van der Waals surface area contributed by atoms with Gasteiger partial charge in [-0.15, -0.1) is 0 Å². The van der Waals surface area contributed by atoms with Crippen molar-refractivity contribution in [2.45, 2.75) is 18.9 Å². The van der Waals surface area contributed by atoms with E-state index in [9.17, 15) is 13.2 Å². The highest BCUT2D eigenvalue weighted by atomic mass is 32.2. The van der Waals surface area contributed by atoms with Crippen molar-refractivity contribution in [3.63, 3.8) is 0 Å². The van der Waals surface area contributed by atoms with E-state index in [2.05, 4.69) is 5.32 Å². The maximum atomic E-state index is 13.1. The number of fused-ring (bicyclic) bond motifs is 1. The molecule has 31 heavy (non-hydrogen) atoms. The first kappa shape index (κ1) is 21.3. The van der Waals surface area contributed by atoms with Crippen LogP contribution in [0.25, 0.3) is 0 Å². The van der Waals surface area contributed by atoms with Crippen LogP contribution in [0.1, 0.15) is 28.2 Å². The van der Waals surface area contributed by atoms with Gasteiger partial charge in [-0.3, -0.25) is 4.79 Å². The van der Waals surface area contributed by atoms with Crippen LogP contribution in [-0.4, -0.2) is 37.5 Å². The molecule has 0 bridgehead atoms. The number of carbonyl (C=O) groups is 1. The molecular weight excluding hydrogens is 408 g/mol. The number of nitrogens with one attached hydrogen (secondary N) is 1. The van der Waals surface area contributed by atoms with Gasteiger partial charge in [0.25, 0.3) is 0 Å². The summed E-state index contributed by atoms with van der Waals surface area (Å²) in [5.41, 5.74) is 4.01. The molecule has 1 amide bonds. The first-order chi connectivity index (χ1) is 15.0. The lowest BCUT2D eigenvalue weighted by atomic mass is 9.90. The molecule has 4 rings (SSSR count). The molecule has 0 atom stereocenters. The Balaban J connectivity index is 1.41. The lowest BCUT2D eigenvalue weighted by molar-refractivity contribution is -0.121. The van der Waals surface area contributed by atoms with E-state index in [0.29, 0.717) is 19.5 Å². The zero-order valence-corrected chi connectivity index (χ0v) is 18.1. The highest BCUT2D eigenvalue weighted by molar-refractivity contribution is 7.89. The predicted octanol–water partition coefficient (Wildman–Crippen LogP) is 3.32. The fourth-order valence-corrected chi connectivity index (χ4v) is 5.35. The topological polar surface area (TPSA) is 66.5 Å². The van der Waals surface area contributed by atoms with E-state index in [1.54, 1.807) is 0 Å². The number of hydrogen-bond donors (Lipinski definition) is 1. The molecule has 6 heteroatoms. The number of nitrogens with zero attached hydrogens (tertiary/aromatic N) is 1. The van der Waals surface area contributed by atoms with Gasteiger partial charge in [0.05, 0.1) is 11.7 Å². The number of amides is 1. The molecular formula is C25H26N2O3S. The van der Waals surface area contributed by atoms with Crippen LogP contribution < -0.4 is 5.32 Å². The van der Waals surface area contributed by atoms with Crippen LogP contribution in [0.2, 0.25) is 0 Å². The fraction of sp³-hybridized carbons (Fsp3) is 0.240. The Bertz CT molecular complexity index is 1090. The molecule has 3 aromatic rings. The molecule has 0 saturated carbocycles. The molecule has 5 nitrogen and oxygen atoms in total. The Hall–Kier alpha value is -2.96. The minimum atomic E-state index is -3.46. The van der Waals surface area contributed by atoms with Gasteiger partial charge in [0.15, 0.2) is 0 Å². The van der Waals surface area contributed by atoms with Crippen molar-refractivity contribution in [1.29, 1.82) is 0 Å². The van der Waals surface area contributed by atoms with Gasteiger partial charge in [0.1, 0.15) is 0 Å². The van der Waals surface area contributed by atoms with Crippen LogP contribution in [0.3, 0.4) is 0 Å². The quantitative estimate of drug-likeness (QED) is 0.620. The van der Waals surface area contributed by atoms with E-state index in [-0.39, 0.29) is 18.2 Å². The SMILES string of the molecule is O=C(NCCS(=O)(=O)N1CCc2ccccc2C1)C(c1ccccc1)c1ccccc1. The van der Waals surface area contributed by atoms with Crippen molar-refractivity contribution in [2.75, 3.05) is 18.8 Å². The minimum absolute atomic E-state index is 0.0788. The number of rotatable bonds is 7. The first-order valence-corrected chi connectivity index (χ1v) is 12.1. The summed E-state index contributed by atoms with van der Waals surface area (Å²) in [4.78, 5) is 13.1. The van der Waals surface area contributed by atoms with Crippen LogP contribution in [-0.2, 0) is 27.8 Å². The van der Waals surface area contributed by atoms with Crippen LogP contribution in [0.15, 0.2) is 84.9 Å². The van der Waals surface area contributed by atoms with Gasteiger partial charge in [-0.2, -0.15) is 4.31 Å². The third kappa shape index (κ3) is 5.03. The van der Waals surface area contributed by atoms with Gasteiger partial charge in [-0.05, 0) is 28.7 Å². The number of sulfonamides is 1. The average molecular weight is 435 g/mol. The zero-order valence-electron chi connectivity index (χ0n) is 17.3. The molecule has 0 unspecified atom stereocenters. The average Bonchev–Trinajstić information content (AvgIpc) is 2.80. The lowest BCUT2D eigenvalue weighted by Gasteiger charge is -2.28. The summed E-state index contributed by atoms with van der Waals surface area (Å²) in [6.45, 7) is 0.947. The molecule has 0 radical (unpaired) electrons. The van der Waals surface area contributed by atoms with Crippen LogP contribution in [0.4, 0.5) is 0 Å². The van der Waals surface area contributed by atoms with Crippen molar-refractivity contribution in [3.8, 4) is 0 Å². The largest absolute Gasteiger partial charge is 0.354 e. The molecule has 1 aliphatic rings. The number of hydrogen-bond acceptors (Lipinski definition) is 3. The van der Waals surface area contributed by atoms with Crippen LogP contribution in [0.5, 0.6) is 0 Å². The maximum absolute atomic E-state index is 13.1. The van der Waals surface area contributed by atoms with Crippen molar-refractivity contribution >= 4 is 15.9 Å². The standard InChI is InChI=1S/C25H26N2O3S/c28-25(24(21-10-3-1-4-11-21)22-12-5-2-6-13-22)26-16-18-31(29,30)27-17-15-20-9-7-8-14-23(20)19-27/h1-14,24H,15-19H2,(H,26,28). The predicted molar refractivity (Wildman–Crippen MR) is 122 cm³/mol. The van der Waals surface area contributed by atoms with E-state index in [1.807, 2.05) is 84.9 Å². The molecule has 0 aliphatic carbocycles. The molecule has 1 heterocycles. The third-order valence-corrected chi connectivity index (χ3v) is 7.49. The van der Waals surface area contributed by atoms with Gasteiger partial charge in [0.2, 0.25) is 15.9 Å².